The first-order valence-corrected chi connectivity index (χ1v) is 12.2. The maximum absolute atomic E-state index is 13.3. The molecule has 1 heterocycles. The van der Waals surface area contributed by atoms with Crippen LogP contribution in [0.2, 0.25) is 5.02 Å². The quantitative estimate of drug-likeness (QED) is 0.317. The number of benzene rings is 2. The fraction of sp³-hybridized carbons (Fsp3) is 0.348. The Bertz CT molecular complexity index is 1220. The van der Waals surface area contributed by atoms with Crippen LogP contribution in [0, 0.1) is 5.41 Å². The predicted octanol–water partition coefficient (Wildman–Crippen LogP) is 2.46. The highest BCUT2D eigenvalue weighted by Crippen LogP contribution is 2.25. The summed E-state index contributed by atoms with van der Waals surface area (Å²) in [5.74, 6) is -1.23. The average Bonchev–Trinajstić information content (AvgIpc) is 3.09. The number of amides is 2. The van der Waals surface area contributed by atoms with Gasteiger partial charge in [-0.05, 0) is 41.3 Å². The number of aromatic nitrogens is 2. The molecule has 0 saturated heterocycles. The van der Waals surface area contributed by atoms with Gasteiger partial charge in [-0.2, -0.15) is 5.10 Å². The molecule has 2 aromatic carbocycles. The highest BCUT2D eigenvalue weighted by atomic mass is 35.5. The van der Waals surface area contributed by atoms with Crippen LogP contribution >= 0.6 is 11.6 Å². The molecule has 0 saturated carbocycles. The van der Waals surface area contributed by atoms with E-state index in [-0.39, 0.29) is 18.0 Å². The van der Waals surface area contributed by atoms with Crippen molar-refractivity contribution >= 4 is 51.1 Å². The molecule has 34 heavy (non-hydrogen) atoms. The van der Waals surface area contributed by atoms with Crippen LogP contribution in [0.5, 0.6) is 0 Å². The van der Waals surface area contributed by atoms with E-state index in [0.29, 0.717) is 28.2 Å². The number of halogens is 1. The van der Waals surface area contributed by atoms with Gasteiger partial charge in [-0.1, -0.05) is 55.6 Å². The minimum atomic E-state index is -2.27. The summed E-state index contributed by atoms with van der Waals surface area (Å²) in [5, 5.41) is 10.9. The van der Waals surface area contributed by atoms with Crippen LogP contribution < -0.4 is 16.4 Å². The van der Waals surface area contributed by atoms with E-state index in [0.717, 1.165) is 5.56 Å². The van der Waals surface area contributed by atoms with Crippen molar-refractivity contribution in [3.05, 3.63) is 58.7 Å². The number of fused-ring (bicyclic) bond motifs is 1. The number of nitrogens with one attached hydrogen (secondary N) is 2. The summed E-state index contributed by atoms with van der Waals surface area (Å²) in [6.07, 6.45) is 0. The minimum absolute atomic E-state index is 0.0495. The maximum atomic E-state index is 13.3. The Morgan fingerprint density at radius 2 is 1.88 bits per heavy atom. The van der Waals surface area contributed by atoms with E-state index in [1.807, 2.05) is 12.1 Å². The number of nitrogens with two attached hydrogens (primary N) is 1. The van der Waals surface area contributed by atoms with Crippen molar-refractivity contribution in [1.82, 2.24) is 20.4 Å². The van der Waals surface area contributed by atoms with Gasteiger partial charge < -0.3 is 20.9 Å². The lowest BCUT2D eigenvalue weighted by atomic mass is 9.86. The standard InChI is InChI=1S/C23H28ClN5O4S/c1-23(2,3)20(22(31)26-10-11-34(32)33)27-21(30)19-17-12-15(24)6-9-18(17)29(28-19)13-14-4-7-16(25)8-5-14/h4-9,12,20H,10-11,13,25H2,1-3H3,(H,26,31)(H,27,30)(H,32,33)/p-1. The molecule has 0 aliphatic heterocycles. The first-order valence-electron chi connectivity index (χ1n) is 10.6. The first kappa shape index (κ1) is 25.7. The third-order valence-electron chi connectivity index (χ3n) is 5.21. The minimum Gasteiger partial charge on any atom is -0.772 e. The van der Waals surface area contributed by atoms with Gasteiger partial charge in [0.2, 0.25) is 5.91 Å². The molecule has 9 nitrogen and oxygen atoms in total. The van der Waals surface area contributed by atoms with Gasteiger partial charge in [0.1, 0.15) is 6.04 Å². The van der Waals surface area contributed by atoms with Crippen LogP contribution in [0.3, 0.4) is 0 Å². The molecular formula is C23H27ClN5O4S-. The van der Waals surface area contributed by atoms with Crippen LogP contribution in [0.4, 0.5) is 5.69 Å². The fourth-order valence-corrected chi connectivity index (χ4v) is 3.91. The monoisotopic (exact) mass is 504 g/mol. The lowest BCUT2D eigenvalue weighted by molar-refractivity contribution is -0.125. The number of rotatable bonds is 8. The molecule has 11 heteroatoms. The second-order valence-electron chi connectivity index (χ2n) is 8.98. The maximum Gasteiger partial charge on any atom is 0.273 e. The van der Waals surface area contributed by atoms with E-state index in [4.69, 9.17) is 17.3 Å². The van der Waals surface area contributed by atoms with Gasteiger partial charge in [-0.15, -0.1) is 0 Å². The number of anilines is 1. The molecule has 2 atom stereocenters. The topological polar surface area (TPSA) is 142 Å². The SMILES string of the molecule is CC(C)(C)C(NC(=O)c1nn(Cc2ccc(N)cc2)c2ccc(Cl)cc12)C(=O)NCCS(=O)[O-]. The van der Waals surface area contributed by atoms with Crippen molar-refractivity contribution in [3.8, 4) is 0 Å². The predicted molar refractivity (Wildman–Crippen MR) is 132 cm³/mol. The summed E-state index contributed by atoms with van der Waals surface area (Å²) >= 11 is 3.92. The second kappa shape index (κ2) is 10.5. The normalized spacial score (nSPS) is 13.4. The molecule has 3 aromatic rings. The Kier molecular flexibility index (Phi) is 7.96. The van der Waals surface area contributed by atoms with Gasteiger partial charge in [-0.3, -0.25) is 18.5 Å². The average molecular weight is 505 g/mol. The summed E-state index contributed by atoms with van der Waals surface area (Å²) in [4.78, 5) is 26.0. The van der Waals surface area contributed by atoms with Gasteiger partial charge in [0, 0.05) is 28.4 Å². The summed E-state index contributed by atoms with van der Waals surface area (Å²) in [6.45, 7) is 5.77. The molecule has 0 bridgehead atoms. The smallest absolute Gasteiger partial charge is 0.273 e. The molecule has 3 rings (SSSR count). The van der Waals surface area contributed by atoms with Crippen LogP contribution in [-0.4, -0.2) is 48.7 Å². The van der Waals surface area contributed by atoms with Crippen LogP contribution in [0.15, 0.2) is 42.5 Å². The first-order chi connectivity index (χ1) is 16.0. The molecule has 0 aliphatic rings. The highest BCUT2D eigenvalue weighted by molar-refractivity contribution is 7.79. The van der Waals surface area contributed by atoms with E-state index >= 15 is 0 Å². The van der Waals surface area contributed by atoms with Crippen molar-refractivity contribution in [2.75, 3.05) is 18.0 Å². The van der Waals surface area contributed by atoms with Gasteiger partial charge in [0.25, 0.3) is 5.91 Å². The summed E-state index contributed by atoms with van der Waals surface area (Å²) in [5.41, 5.74) is 7.56. The second-order valence-corrected chi connectivity index (χ2v) is 10.4. The van der Waals surface area contributed by atoms with Crippen molar-refractivity contribution in [3.63, 3.8) is 0 Å². The van der Waals surface area contributed by atoms with Crippen molar-refractivity contribution < 1.29 is 18.4 Å². The molecule has 0 fully saturated rings. The van der Waals surface area contributed by atoms with Crippen LogP contribution in [0.25, 0.3) is 10.9 Å². The molecule has 1 aromatic heterocycles. The van der Waals surface area contributed by atoms with Crippen LogP contribution in [0.1, 0.15) is 36.8 Å². The number of hydrogen-bond acceptors (Lipinski definition) is 6. The van der Waals surface area contributed by atoms with Gasteiger partial charge in [0.15, 0.2) is 5.69 Å². The van der Waals surface area contributed by atoms with Crippen molar-refractivity contribution in [2.45, 2.75) is 33.4 Å². The van der Waals surface area contributed by atoms with Crippen molar-refractivity contribution in [1.29, 1.82) is 0 Å². The lowest BCUT2D eigenvalue weighted by Crippen LogP contribution is -2.54. The van der Waals surface area contributed by atoms with E-state index in [9.17, 15) is 18.4 Å². The molecule has 4 N–H and O–H groups in total. The summed E-state index contributed by atoms with van der Waals surface area (Å²) < 4.78 is 23.2. The summed E-state index contributed by atoms with van der Waals surface area (Å²) in [7, 11) is 0. The number of carbonyl (C=O) groups is 2. The Hall–Kier alpha value is -2.95. The fourth-order valence-electron chi connectivity index (χ4n) is 3.47. The molecule has 0 radical (unpaired) electrons. The van der Waals surface area contributed by atoms with E-state index in [1.165, 1.54) is 0 Å². The number of carbonyl (C=O) groups excluding carboxylic acids is 2. The van der Waals surface area contributed by atoms with Crippen molar-refractivity contribution in [2.24, 2.45) is 5.41 Å². The van der Waals surface area contributed by atoms with Gasteiger partial charge in [0.05, 0.1) is 12.1 Å². The zero-order valence-electron chi connectivity index (χ0n) is 19.1. The Labute approximate surface area is 205 Å². The number of nitrogens with zero attached hydrogens (tertiary/aromatic N) is 2. The number of nitrogen functional groups attached to an aromatic ring is 1. The van der Waals surface area contributed by atoms with E-state index in [2.05, 4.69) is 15.7 Å². The van der Waals surface area contributed by atoms with E-state index in [1.54, 1.807) is 55.8 Å². The molecule has 2 amide bonds. The Morgan fingerprint density at radius 1 is 1.21 bits per heavy atom. The zero-order chi connectivity index (χ0) is 25.0. The molecule has 2 unspecified atom stereocenters. The molecule has 0 aliphatic carbocycles. The molecule has 182 valence electrons. The molecule has 0 spiro atoms. The summed E-state index contributed by atoms with van der Waals surface area (Å²) in [6, 6.07) is 11.6. The molecular weight excluding hydrogens is 478 g/mol. The van der Waals surface area contributed by atoms with Gasteiger partial charge in [-0.25, -0.2) is 0 Å². The zero-order valence-corrected chi connectivity index (χ0v) is 20.7. The highest BCUT2D eigenvalue weighted by Gasteiger charge is 2.34. The lowest BCUT2D eigenvalue weighted by Gasteiger charge is -2.30. The Morgan fingerprint density at radius 3 is 2.50 bits per heavy atom. The number of hydrogen-bond donors (Lipinski definition) is 3. The van der Waals surface area contributed by atoms with Crippen LogP contribution in [-0.2, 0) is 22.4 Å². The third-order valence-corrected chi connectivity index (χ3v) is 5.98. The largest absolute Gasteiger partial charge is 0.772 e. The van der Waals surface area contributed by atoms with E-state index < -0.39 is 34.4 Å². The Balaban J connectivity index is 1.90. The third kappa shape index (κ3) is 6.34. The van der Waals surface area contributed by atoms with Gasteiger partial charge >= 0.3 is 0 Å².